The van der Waals surface area contributed by atoms with E-state index in [0.29, 0.717) is 22.4 Å². The van der Waals surface area contributed by atoms with Crippen molar-refractivity contribution in [3.05, 3.63) is 75.0 Å². The molecule has 1 aromatic heterocycles. The maximum Gasteiger partial charge on any atom is 0.271 e. The summed E-state index contributed by atoms with van der Waals surface area (Å²) in [6, 6.07) is 12.0. The summed E-state index contributed by atoms with van der Waals surface area (Å²) in [5.41, 5.74) is 12.6. The van der Waals surface area contributed by atoms with Gasteiger partial charge >= 0.3 is 0 Å². The van der Waals surface area contributed by atoms with Crippen LogP contribution in [0.1, 0.15) is 15.9 Å². The van der Waals surface area contributed by atoms with Crippen LogP contribution in [0.4, 0.5) is 17.3 Å². The van der Waals surface area contributed by atoms with Crippen LogP contribution in [0.2, 0.25) is 15.1 Å². The molecule has 0 radical (unpaired) electrons. The van der Waals surface area contributed by atoms with E-state index in [0.717, 1.165) is 5.56 Å². The summed E-state index contributed by atoms with van der Waals surface area (Å²) in [6.07, 6.45) is 1.31. The molecule has 7 nitrogen and oxygen atoms in total. The van der Waals surface area contributed by atoms with Crippen molar-refractivity contribution in [1.29, 1.82) is 0 Å². The van der Waals surface area contributed by atoms with Crippen molar-refractivity contribution in [2.45, 2.75) is 6.54 Å². The second kappa shape index (κ2) is 8.97. The molecule has 28 heavy (non-hydrogen) atoms. The molecule has 1 heterocycles. The number of aromatic nitrogens is 2. The summed E-state index contributed by atoms with van der Waals surface area (Å²) in [5, 5.41) is 4.39. The van der Waals surface area contributed by atoms with Crippen molar-refractivity contribution in [3.8, 4) is 0 Å². The zero-order chi connectivity index (χ0) is 20.1. The summed E-state index contributed by atoms with van der Waals surface area (Å²) in [5.74, 6) is 0.163. The largest absolute Gasteiger partial charge is 0.393 e. The van der Waals surface area contributed by atoms with E-state index in [9.17, 15) is 4.79 Å². The topological polar surface area (TPSA) is 105 Å². The van der Waals surface area contributed by atoms with Gasteiger partial charge in [0.15, 0.2) is 11.6 Å². The number of hydrogen-bond acceptors (Lipinski definition) is 6. The fourth-order valence-electron chi connectivity index (χ4n) is 2.31. The van der Waals surface area contributed by atoms with Crippen LogP contribution < -0.4 is 21.9 Å². The first-order chi connectivity index (χ1) is 13.5. The number of hydrazine groups is 1. The van der Waals surface area contributed by atoms with Gasteiger partial charge in [0.25, 0.3) is 5.91 Å². The highest BCUT2D eigenvalue weighted by Crippen LogP contribution is 2.24. The van der Waals surface area contributed by atoms with Crippen LogP contribution in [0.25, 0.3) is 0 Å². The first-order valence-corrected chi connectivity index (χ1v) is 9.18. The molecule has 0 spiro atoms. The SMILES string of the molecule is Nc1c(NCc2ccccc2Cl)ncnc1NNC(=O)c1ccc(Cl)cc1Cl. The number of nitrogen functional groups attached to an aromatic ring is 1. The predicted molar refractivity (Wildman–Crippen MR) is 113 cm³/mol. The van der Waals surface area contributed by atoms with E-state index in [1.807, 2.05) is 18.2 Å². The molecule has 10 heteroatoms. The average Bonchev–Trinajstić information content (AvgIpc) is 2.67. The lowest BCUT2D eigenvalue weighted by Crippen LogP contribution is -2.30. The molecule has 3 rings (SSSR count). The second-order valence-electron chi connectivity index (χ2n) is 5.63. The number of nitrogens with two attached hydrogens (primary N) is 1. The van der Waals surface area contributed by atoms with Crippen LogP contribution >= 0.6 is 34.8 Å². The first-order valence-electron chi connectivity index (χ1n) is 8.05. The Balaban J connectivity index is 1.67. The van der Waals surface area contributed by atoms with Gasteiger partial charge in [-0.2, -0.15) is 0 Å². The number of nitrogens with one attached hydrogen (secondary N) is 3. The Morgan fingerprint density at radius 1 is 1.00 bits per heavy atom. The quantitative estimate of drug-likeness (QED) is 0.426. The minimum absolute atomic E-state index is 0.226. The van der Waals surface area contributed by atoms with Crippen LogP contribution in [-0.4, -0.2) is 15.9 Å². The van der Waals surface area contributed by atoms with Crippen LogP contribution in [0.15, 0.2) is 48.8 Å². The molecule has 0 atom stereocenters. The number of rotatable bonds is 6. The summed E-state index contributed by atoms with van der Waals surface area (Å²) < 4.78 is 0. The van der Waals surface area contributed by atoms with E-state index in [4.69, 9.17) is 40.5 Å². The molecule has 1 amide bonds. The number of hydrogen-bond donors (Lipinski definition) is 4. The number of amides is 1. The zero-order valence-corrected chi connectivity index (χ0v) is 16.6. The average molecular weight is 438 g/mol. The third kappa shape index (κ3) is 4.75. The van der Waals surface area contributed by atoms with Crippen molar-refractivity contribution >= 4 is 58.0 Å². The summed E-state index contributed by atoms with van der Waals surface area (Å²) in [4.78, 5) is 20.4. The molecule has 0 aliphatic rings. The van der Waals surface area contributed by atoms with Crippen molar-refractivity contribution in [3.63, 3.8) is 0 Å². The van der Waals surface area contributed by atoms with E-state index >= 15 is 0 Å². The number of nitrogens with zero attached hydrogens (tertiary/aromatic N) is 2. The Morgan fingerprint density at radius 3 is 2.50 bits per heavy atom. The molecule has 0 bridgehead atoms. The van der Waals surface area contributed by atoms with Gasteiger partial charge in [0.1, 0.15) is 12.0 Å². The minimum atomic E-state index is -0.467. The molecule has 144 valence electrons. The number of halogens is 3. The third-order valence-electron chi connectivity index (χ3n) is 3.76. The Bertz CT molecular complexity index is 1010. The molecule has 0 aliphatic heterocycles. The lowest BCUT2D eigenvalue weighted by molar-refractivity contribution is 0.0962. The van der Waals surface area contributed by atoms with Gasteiger partial charge in [0.2, 0.25) is 0 Å². The number of carbonyl (C=O) groups is 1. The van der Waals surface area contributed by atoms with Crippen molar-refractivity contribution in [2.75, 3.05) is 16.5 Å². The second-order valence-corrected chi connectivity index (χ2v) is 6.88. The molecule has 0 unspecified atom stereocenters. The molecular formula is C18H15Cl3N6O. The van der Waals surface area contributed by atoms with Gasteiger partial charge in [-0.1, -0.05) is 53.0 Å². The van der Waals surface area contributed by atoms with Gasteiger partial charge in [-0.15, -0.1) is 0 Å². The van der Waals surface area contributed by atoms with Crippen molar-refractivity contribution < 1.29 is 4.79 Å². The lowest BCUT2D eigenvalue weighted by Gasteiger charge is -2.14. The molecule has 0 saturated carbocycles. The van der Waals surface area contributed by atoms with Gasteiger partial charge < -0.3 is 11.1 Å². The fourth-order valence-corrected chi connectivity index (χ4v) is 3.01. The third-order valence-corrected chi connectivity index (χ3v) is 4.67. The van der Waals surface area contributed by atoms with Crippen molar-refractivity contribution in [1.82, 2.24) is 15.4 Å². The molecule has 2 aromatic carbocycles. The molecule has 5 N–H and O–H groups in total. The maximum atomic E-state index is 12.3. The molecule has 3 aromatic rings. The molecule has 0 fully saturated rings. The summed E-state index contributed by atoms with van der Waals surface area (Å²) >= 11 is 18.0. The monoisotopic (exact) mass is 436 g/mol. The summed E-state index contributed by atoms with van der Waals surface area (Å²) in [6.45, 7) is 0.424. The van der Waals surface area contributed by atoms with Gasteiger partial charge in [-0.3, -0.25) is 15.6 Å². The number of benzene rings is 2. The highest BCUT2D eigenvalue weighted by atomic mass is 35.5. The Hall–Kier alpha value is -2.74. The number of anilines is 3. The van der Waals surface area contributed by atoms with E-state index in [-0.39, 0.29) is 22.1 Å². The maximum absolute atomic E-state index is 12.3. The Kier molecular flexibility index (Phi) is 6.41. The van der Waals surface area contributed by atoms with E-state index in [1.165, 1.54) is 18.5 Å². The van der Waals surface area contributed by atoms with Crippen LogP contribution in [-0.2, 0) is 6.54 Å². The van der Waals surface area contributed by atoms with Crippen LogP contribution in [0.3, 0.4) is 0 Å². The zero-order valence-electron chi connectivity index (χ0n) is 14.3. The predicted octanol–water partition coefficient (Wildman–Crippen LogP) is 4.39. The fraction of sp³-hybridized carbons (Fsp3) is 0.0556. The molecular weight excluding hydrogens is 423 g/mol. The Labute approximate surface area is 176 Å². The van der Waals surface area contributed by atoms with E-state index < -0.39 is 5.91 Å². The van der Waals surface area contributed by atoms with E-state index in [1.54, 1.807) is 12.1 Å². The first kappa shape index (κ1) is 20.0. The van der Waals surface area contributed by atoms with Crippen LogP contribution in [0, 0.1) is 0 Å². The normalized spacial score (nSPS) is 10.4. The Morgan fingerprint density at radius 2 is 1.75 bits per heavy atom. The van der Waals surface area contributed by atoms with Gasteiger partial charge in [0.05, 0.1) is 10.6 Å². The van der Waals surface area contributed by atoms with Gasteiger partial charge in [0, 0.05) is 16.6 Å². The van der Waals surface area contributed by atoms with Crippen molar-refractivity contribution in [2.24, 2.45) is 0 Å². The number of carbonyl (C=O) groups excluding carboxylic acids is 1. The standard InChI is InChI=1S/C18H15Cl3N6O/c19-11-5-6-12(14(21)7-11)18(28)27-26-17-15(22)16(24-9-25-17)23-8-10-3-1-2-4-13(10)20/h1-7,9H,8,22H2,(H,27,28)(H2,23,24,25,26). The highest BCUT2D eigenvalue weighted by molar-refractivity contribution is 6.36. The smallest absolute Gasteiger partial charge is 0.271 e. The van der Waals surface area contributed by atoms with Gasteiger partial charge in [-0.25, -0.2) is 9.97 Å². The lowest BCUT2D eigenvalue weighted by atomic mass is 10.2. The minimum Gasteiger partial charge on any atom is -0.393 e. The summed E-state index contributed by atoms with van der Waals surface area (Å²) in [7, 11) is 0. The van der Waals surface area contributed by atoms with Gasteiger partial charge in [-0.05, 0) is 29.8 Å². The molecule has 0 saturated heterocycles. The highest BCUT2D eigenvalue weighted by Gasteiger charge is 2.13. The van der Waals surface area contributed by atoms with Crippen LogP contribution in [0.5, 0.6) is 0 Å². The molecule has 0 aliphatic carbocycles. The van der Waals surface area contributed by atoms with E-state index in [2.05, 4.69) is 26.1 Å².